The van der Waals surface area contributed by atoms with E-state index in [0.29, 0.717) is 30.1 Å². The van der Waals surface area contributed by atoms with E-state index in [1.54, 1.807) is 23.1 Å². The third-order valence-electron chi connectivity index (χ3n) is 2.52. The number of nitrogen functional groups attached to an aromatic ring is 1. The van der Waals surface area contributed by atoms with Crippen LogP contribution in [0.2, 0.25) is 0 Å². The highest BCUT2D eigenvalue weighted by atomic mass is 16.5. The van der Waals surface area contributed by atoms with Gasteiger partial charge in [0.1, 0.15) is 5.75 Å². The number of ether oxygens (including phenoxy) is 1. The van der Waals surface area contributed by atoms with Crippen LogP contribution in [0.25, 0.3) is 0 Å². The molecule has 96 valence electrons. The second-order valence-electron chi connectivity index (χ2n) is 3.89. The van der Waals surface area contributed by atoms with E-state index in [9.17, 15) is 4.79 Å². The average molecular weight is 246 g/mol. The molecule has 1 aromatic rings. The summed E-state index contributed by atoms with van der Waals surface area (Å²) >= 11 is 0. The lowest BCUT2D eigenvalue weighted by molar-refractivity contribution is 0.0773. The number of methoxy groups -OCH3 is 1. The first-order valence-corrected chi connectivity index (χ1v) is 5.80. The van der Waals surface area contributed by atoms with Crippen molar-refractivity contribution in [2.45, 2.75) is 13.3 Å². The molecule has 0 heterocycles. The van der Waals surface area contributed by atoms with Gasteiger partial charge in [-0.2, -0.15) is 0 Å². The summed E-state index contributed by atoms with van der Waals surface area (Å²) in [6.07, 6.45) is 6.13. The summed E-state index contributed by atoms with van der Waals surface area (Å²) in [6, 6.07) is 4.97. The predicted molar refractivity (Wildman–Crippen MR) is 72.4 cm³/mol. The molecular weight excluding hydrogens is 228 g/mol. The molecule has 18 heavy (non-hydrogen) atoms. The zero-order chi connectivity index (χ0) is 13.5. The van der Waals surface area contributed by atoms with Gasteiger partial charge >= 0.3 is 0 Å². The van der Waals surface area contributed by atoms with Crippen LogP contribution >= 0.6 is 0 Å². The number of hydrogen-bond donors (Lipinski definition) is 1. The van der Waals surface area contributed by atoms with Gasteiger partial charge in [-0.15, -0.1) is 6.42 Å². The van der Waals surface area contributed by atoms with Crippen molar-refractivity contribution in [2.75, 3.05) is 25.9 Å². The van der Waals surface area contributed by atoms with E-state index < -0.39 is 0 Å². The largest absolute Gasteiger partial charge is 0.496 e. The van der Waals surface area contributed by atoms with Gasteiger partial charge in [0, 0.05) is 18.3 Å². The Kier molecular flexibility index (Phi) is 5.06. The first-order chi connectivity index (χ1) is 8.63. The lowest BCUT2D eigenvalue weighted by atomic mass is 10.1. The molecule has 1 rings (SSSR count). The van der Waals surface area contributed by atoms with Crippen LogP contribution in [0.3, 0.4) is 0 Å². The second-order valence-corrected chi connectivity index (χ2v) is 3.89. The number of rotatable bonds is 5. The van der Waals surface area contributed by atoms with Crippen LogP contribution in [0.1, 0.15) is 23.7 Å². The Labute approximate surface area is 108 Å². The molecule has 1 amide bonds. The monoisotopic (exact) mass is 246 g/mol. The summed E-state index contributed by atoms with van der Waals surface area (Å²) in [4.78, 5) is 13.9. The fraction of sp³-hybridized carbons (Fsp3) is 0.357. The number of anilines is 1. The Balaban J connectivity index is 3.04. The number of terminal acetylenes is 1. The highest BCUT2D eigenvalue weighted by Crippen LogP contribution is 2.23. The molecule has 0 radical (unpaired) electrons. The Hall–Kier alpha value is -2.15. The molecule has 0 atom stereocenters. The Morgan fingerprint density at radius 3 is 2.83 bits per heavy atom. The first kappa shape index (κ1) is 13.9. The van der Waals surface area contributed by atoms with Crippen LogP contribution in [0, 0.1) is 12.3 Å². The molecule has 4 heteroatoms. The standard InChI is InChI=1S/C14H18N2O2/c1-4-8-16(9-5-2)14(17)12-7-6-11(15)10-13(12)18-3/h1,6-7,10H,5,8-9,15H2,2-3H3. The summed E-state index contributed by atoms with van der Waals surface area (Å²) in [5.74, 6) is 2.83. The van der Waals surface area contributed by atoms with Gasteiger partial charge in [0.25, 0.3) is 5.91 Å². The molecule has 0 aliphatic heterocycles. The molecule has 0 saturated heterocycles. The third-order valence-corrected chi connectivity index (χ3v) is 2.52. The molecule has 1 aromatic carbocycles. The van der Waals surface area contributed by atoms with Crippen molar-refractivity contribution in [3.8, 4) is 18.1 Å². The van der Waals surface area contributed by atoms with E-state index >= 15 is 0 Å². The zero-order valence-corrected chi connectivity index (χ0v) is 10.8. The van der Waals surface area contributed by atoms with Gasteiger partial charge in [-0.3, -0.25) is 4.79 Å². The van der Waals surface area contributed by atoms with Gasteiger partial charge in [0.05, 0.1) is 19.2 Å². The smallest absolute Gasteiger partial charge is 0.258 e. The van der Waals surface area contributed by atoms with Crippen LogP contribution < -0.4 is 10.5 Å². The molecule has 2 N–H and O–H groups in total. The van der Waals surface area contributed by atoms with E-state index in [4.69, 9.17) is 16.9 Å². The lowest BCUT2D eigenvalue weighted by Crippen LogP contribution is -2.32. The highest BCUT2D eigenvalue weighted by Gasteiger charge is 2.18. The maximum atomic E-state index is 12.3. The van der Waals surface area contributed by atoms with Crippen molar-refractivity contribution in [2.24, 2.45) is 0 Å². The van der Waals surface area contributed by atoms with Crippen molar-refractivity contribution in [1.29, 1.82) is 0 Å². The third kappa shape index (κ3) is 3.17. The first-order valence-electron chi connectivity index (χ1n) is 5.80. The maximum absolute atomic E-state index is 12.3. The normalized spacial score (nSPS) is 9.61. The number of carbonyl (C=O) groups excluding carboxylic acids is 1. The number of nitrogens with two attached hydrogens (primary N) is 1. The van der Waals surface area contributed by atoms with Gasteiger partial charge in [-0.1, -0.05) is 12.8 Å². The predicted octanol–water partition coefficient (Wildman–Crippen LogP) is 1.76. The Morgan fingerprint density at radius 2 is 2.28 bits per heavy atom. The van der Waals surface area contributed by atoms with Crippen LogP contribution in [0.5, 0.6) is 5.75 Å². The summed E-state index contributed by atoms with van der Waals surface area (Å²) in [7, 11) is 1.51. The van der Waals surface area contributed by atoms with Crippen molar-refractivity contribution in [1.82, 2.24) is 4.90 Å². The van der Waals surface area contributed by atoms with E-state index in [0.717, 1.165) is 6.42 Å². The Morgan fingerprint density at radius 1 is 1.56 bits per heavy atom. The molecule has 0 bridgehead atoms. The second kappa shape index (κ2) is 6.55. The molecule has 4 nitrogen and oxygen atoms in total. The summed E-state index contributed by atoms with van der Waals surface area (Å²) in [5.41, 5.74) is 6.70. The minimum absolute atomic E-state index is 0.133. The summed E-state index contributed by atoms with van der Waals surface area (Å²) in [6.45, 7) is 2.91. The molecule has 0 unspecified atom stereocenters. The van der Waals surface area contributed by atoms with Gasteiger partial charge in [0.2, 0.25) is 0 Å². The van der Waals surface area contributed by atoms with Crippen LogP contribution in [0.4, 0.5) is 5.69 Å². The topological polar surface area (TPSA) is 55.6 Å². The maximum Gasteiger partial charge on any atom is 0.258 e. The lowest BCUT2D eigenvalue weighted by Gasteiger charge is -2.20. The molecule has 0 spiro atoms. The van der Waals surface area contributed by atoms with Crippen molar-refractivity contribution >= 4 is 11.6 Å². The van der Waals surface area contributed by atoms with E-state index in [2.05, 4.69) is 5.92 Å². The van der Waals surface area contributed by atoms with Gasteiger partial charge in [0.15, 0.2) is 0 Å². The van der Waals surface area contributed by atoms with Crippen LogP contribution in [0.15, 0.2) is 18.2 Å². The fourth-order valence-corrected chi connectivity index (χ4v) is 1.69. The fourth-order valence-electron chi connectivity index (χ4n) is 1.69. The van der Waals surface area contributed by atoms with Crippen LogP contribution in [-0.2, 0) is 0 Å². The minimum Gasteiger partial charge on any atom is -0.496 e. The van der Waals surface area contributed by atoms with E-state index in [1.165, 1.54) is 7.11 Å². The van der Waals surface area contributed by atoms with Crippen molar-refractivity contribution in [3.05, 3.63) is 23.8 Å². The van der Waals surface area contributed by atoms with Gasteiger partial charge < -0.3 is 15.4 Å². The average Bonchev–Trinajstić information content (AvgIpc) is 2.37. The zero-order valence-electron chi connectivity index (χ0n) is 10.8. The van der Waals surface area contributed by atoms with Crippen molar-refractivity contribution in [3.63, 3.8) is 0 Å². The van der Waals surface area contributed by atoms with Crippen molar-refractivity contribution < 1.29 is 9.53 Å². The number of amides is 1. The molecule has 0 aliphatic carbocycles. The quantitative estimate of drug-likeness (QED) is 0.636. The summed E-state index contributed by atoms with van der Waals surface area (Å²) < 4.78 is 5.17. The number of benzene rings is 1. The number of nitrogens with zero attached hydrogens (tertiary/aromatic N) is 1. The summed E-state index contributed by atoms with van der Waals surface area (Å²) in [5, 5.41) is 0. The van der Waals surface area contributed by atoms with Crippen LogP contribution in [-0.4, -0.2) is 31.0 Å². The minimum atomic E-state index is -0.133. The van der Waals surface area contributed by atoms with E-state index in [1.807, 2.05) is 6.92 Å². The highest BCUT2D eigenvalue weighted by molar-refractivity contribution is 5.97. The molecule has 0 aromatic heterocycles. The van der Waals surface area contributed by atoms with Gasteiger partial charge in [-0.25, -0.2) is 0 Å². The van der Waals surface area contributed by atoms with Gasteiger partial charge in [-0.05, 0) is 18.6 Å². The Bertz CT molecular complexity index is 463. The molecule has 0 aliphatic rings. The number of carbonyl (C=O) groups is 1. The molecule has 0 saturated carbocycles. The molecule has 0 fully saturated rings. The van der Waals surface area contributed by atoms with E-state index in [-0.39, 0.29) is 5.91 Å². The number of hydrogen-bond acceptors (Lipinski definition) is 3. The SMILES string of the molecule is C#CCN(CCC)C(=O)c1ccc(N)cc1OC. The molecular formula is C14H18N2O2.